The van der Waals surface area contributed by atoms with Gasteiger partial charge in [-0.25, -0.2) is 0 Å². The highest BCUT2D eigenvalue weighted by Gasteiger charge is 2.28. The minimum Gasteiger partial charge on any atom is -0.423 e. The van der Waals surface area contributed by atoms with Crippen LogP contribution in [-0.2, 0) is 13.0 Å². The molecule has 0 aliphatic carbocycles. The number of fused-ring (bicyclic) bond motifs is 2. The number of anilines is 2. The first-order valence-corrected chi connectivity index (χ1v) is 8.20. The van der Waals surface area contributed by atoms with E-state index in [0.29, 0.717) is 29.2 Å². The van der Waals surface area contributed by atoms with Gasteiger partial charge in [-0.1, -0.05) is 18.2 Å². The molecular formula is C19H19N3O3. The first-order valence-electron chi connectivity index (χ1n) is 8.20. The molecule has 1 aliphatic heterocycles. The average Bonchev–Trinajstić information content (AvgIpc) is 3.24. The molecule has 1 aromatic heterocycles. The molecule has 1 amide bonds. The van der Waals surface area contributed by atoms with Gasteiger partial charge in [0.2, 0.25) is 0 Å². The molecule has 3 aromatic rings. The fourth-order valence-electron chi connectivity index (χ4n) is 3.18. The second-order valence-electron chi connectivity index (χ2n) is 6.37. The van der Waals surface area contributed by atoms with Crippen molar-refractivity contribution in [3.63, 3.8) is 0 Å². The minimum absolute atomic E-state index is 0.0413. The Kier molecular flexibility index (Phi) is 3.69. The molecule has 6 nitrogen and oxygen atoms in total. The number of amides is 1. The summed E-state index contributed by atoms with van der Waals surface area (Å²) < 4.78 is 5.70. The Morgan fingerprint density at radius 1 is 1.32 bits per heavy atom. The number of para-hydroxylation sites is 1. The predicted octanol–water partition coefficient (Wildman–Crippen LogP) is 2.59. The van der Waals surface area contributed by atoms with Crippen molar-refractivity contribution in [2.24, 2.45) is 0 Å². The van der Waals surface area contributed by atoms with Crippen LogP contribution in [-0.4, -0.2) is 36.6 Å². The third-order valence-electron chi connectivity index (χ3n) is 4.49. The lowest BCUT2D eigenvalue weighted by atomic mass is 10.1. The van der Waals surface area contributed by atoms with Crippen LogP contribution >= 0.6 is 0 Å². The molecule has 6 heteroatoms. The van der Waals surface area contributed by atoms with E-state index in [0.717, 1.165) is 23.2 Å². The highest BCUT2D eigenvalue weighted by Crippen LogP contribution is 2.32. The van der Waals surface area contributed by atoms with Crippen molar-refractivity contribution in [1.82, 2.24) is 4.98 Å². The number of aromatic nitrogens is 1. The van der Waals surface area contributed by atoms with E-state index in [2.05, 4.69) is 4.98 Å². The average molecular weight is 337 g/mol. The summed E-state index contributed by atoms with van der Waals surface area (Å²) >= 11 is 0. The zero-order chi connectivity index (χ0) is 17.6. The van der Waals surface area contributed by atoms with Gasteiger partial charge in [0, 0.05) is 26.3 Å². The monoisotopic (exact) mass is 337 g/mol. The normalized spacial score (nSPS) is 13.3. The van der Waals surface area contributed by atoms with Gasteiger partial charge >= 0.3 is 0 Å². The van der Waals surface area contributed by atoms with Crippen LogP contribution < -0.4 is 9.80 Å². The molecule has 0 fully saturated rings. The third-order valence-corrected chi connectivity index (χ3v) is 4.49. The molecule has 0 spiro atoms. The zero-order valence-electron chi connectivity index (χ0n) is 14.2. The highest BCUT2D eigenvalue weighted by atomic mass is 16.4. The maximum atomic E-state index is 13.2. The Morgan fingerprint density at radius 3 is 2.92 bits per heavy atom. The Balaban J connectivity index is 1.77. The number of hydrogen-bond acceptors (Lipinski definition) is 5. The number of aliphatic hydroxyl groups is 1. The number of carbonyl (C=O) groups is 1. The van der Waals surface area contributed by atoms with Crippen molar-refractivity contribution >= 4 is 28.7 Å². The van der Waals surface area contributed by atoms with E-state index in [1.165, 1.54) is 0 Å². The Hall–Kier alpha value is -2.86. The molecular weight excluding hydrogens is 318 g/mol. The standard InChI is InChI=1S/C19H19N3O3/c1-21(2)19-20-17-14(4-3-5-16(17)25-19)18(24)22-9-8-13-7-6-12(11-23)10-15(13)22/h3-7,10,23H,8-9,11H2,1-2H3. The third kappa shape index (κ3) is 2.55. The van der Waals surface area contributed by atoms with Crippen molar-refractivity contribution < 1.29 is 14.3 Å². The van der Waals surface area contributed by atoms with Gasteiger partial charge in [-0.15, -0.1) is 0 Å². The first-order chi connectivity index (χ1) is 12.1. The van der Waals surface area contributed by atoms with Crippen LogP contribution in [0.1, 0.15) is 21.5 Å². The second-order valence-corrected chi connectivity index (χ2v) is 6.37. The number of oxazole rings is 1. The van der Waals surface area contributed by atoms with Crippen LogP contribution in [0, 0.1) is 0 Å². The molecule has 0 saturated carbocycles. The number of rotatable bonds is 3. The molecule has 1 N–H and O–H groups in total. The number of carbonyl (C=O) groups excluding carboxylic acids is 1. The summed E-state index contributed by atoms with van der Waals surface area (Å²) in [5.74, 6) is -0.0990. The van der Waals surface area contributed by atoms with Crippen molar-refractivity contribution in [2.45, 2.75) is 13.0 Å². The summed E-state index contributed by atoms with van der Waals surface area (Å²) in [7, 11) is 3.69. The maximum absolute atomic E-state index is 13.2. The van der Waals surface area contributed by atoms with Crippen LogP contribution in [0.2, 0.25) is 0 Å². The van der Waals surface area contributed by atoms with Crippen molar-refractivity contribution in [2.75, 3.05) is 30.4 Å². The minimum atomic E-state index is -0.0990. The predicted molar refractivity (Wildman–Crippen MR) is 96.1 cm³/mol. The van der Waals surface area contributed by atoms with Gasteiger partial charge in [0.1, 0.15) is 5.52 Å². The van der Waals surface area contributed by atoms with E-state index in [1.54, 1.807) is 21.9 Å². The number of nitrogens with zero attached hydrogens (tertiary/aromatic N) is 3. The van der Waals surface area contributed by atoms with Crippen LogP contribution in [0.5, 0.6) is 0 Å². The quantitative estimate of drug-likeness (QED) is 0.795. The molecule has 25 heavy (non-hydrogen) atoms. The largest absolute Gasteiger partial charge is 0.423 e. The molecule has 0 saturated heterocycles. The van der Waals surface area contributed by atoms with Gasteiger partial charge in [0.15, 0.2) is 5.58 Å². The molecule has 2 aromatic carbocycles. The SMILES string of the molecule is CN(C)c1nc2c(C(=O)N3CCc4ccc(CO)cc43)cccc2o1. The molecule has 0 unspecified atom stereocenters. The summed E-state index contributed by atoms with van der Waals surface area (Å²) in [6.07, 6.45) is 0.810. The summed E-state index contributed by atoms with van der Waals surface area (Å²) in [5.41, 5.74) is 4.47. The van der Waals surface area contributed by atoms with Gasteiger partial charge in [0.25, 0.3) is 11.9 Å². The van der Waals surface area contributed by atoms with E-state index in [4.69, 9.17) is 4.42 Å². The van der Waals surface area contributed by atoms with Crippen LogP contribution in [0.25, 0.3) is 11.1 Å². The van der Waals surface area contributed by atoms with Gasteiger partial charge < -0.3 is 19.3 Å². The maximum Gasteiger partial charge on any atom is 0.297 e. The summed E-state index contributed by atoms with van der Waals surface area (Å²) in [4.78, 5) is 21.2. The van der Waals surface area contributed by atoms with Crippen LogP contribution in [0.4, 0.5) is 11.7 Å². The zero-order valence-corrected chi connectivity index (χ0v) is 14.2. The van der Waals surface area contributed by atoms with E-state index < -0.39 is 0 Å². The Morgan fingerprint density at radius 2 is 2.16 bits per heavy atom. The lowest BCUT2D eigenvalue weighted by Crippen LogP contribution is -2.29. The lowest BCUT2D eigenvalue weighted by Gasteiger charge is -2.18. The second kappa shape index (κ2) is 5.89. The van der Waals surface area contributed by atoms with E-state index >= 15 is 0 Å². The highest BCUT2D eigenvalue weighted by molar-refractivity contribution is 6.13. The fourth-order valence-corrected chi connectivity index (χ4v) is 3.18. The molecule has 0 atom stereocenters. The molecule has 4 rings (SSSR count). The molecule has 128 valence electrons. The summed E-state index contributed by atoms with van der Waals surface area (Å²) in [6.45, 7) is 0.582. The van der Waals surface area contributed by atoms with Gasteiger partial charge in [-0.3, -0.25) is 4.79 Å². The van der Waals surface area contributed by atoms with E-state index in [-0.39, 0.29) is 12.5 Å². The Bertz CT molecular complexity index is 962. The topological polar surface area (TPSA) is 69.8 Å². The van der Waals surface area contributed by atoms with Crippen LogP contribution in [0.15, 0.2) is 40.8 Å². The van der Waals surface area contributed by atoms with Crippen LogP contribution in [0.3, 0.4) is 0 Å². The molecule has 2 heterocycles. The van der Waals surface area contributed by atoms with Crippen molar-refractivity contribution in [3.05, 3.63) is 53.1 Å². The molecule has 0 radical (unpaired) electrons. The number of hydrogen-bond donors (Lipinski definition) is 1. The lowest BCUT2D eigenvalue weighted by molar-refractivity contribution is 0.0990. The summed E-state index contributed by atoms with van der Waals surface area (Å²) in [6, 6.07) is 11.6. The number of aliphatic hydroxyl groups excluding tert-OH is 1. The van der Waals surface area contributed by atoms with E-state index in [9.17, 15) is 9.90 Å². The summed E-state index contributed by atoms with van der Waals surface area (Å²) in [5, 5.41) is 9.38. The molecule has 0 bridgehead atoms. The van der Waals surface area contributed by atoms with Crippen molar-refractivity contribution in [1.29, 1.82) is 0 Å². The fraction of sp³-hybridized carbons (Fsp3) is 0.263. The first kappa shape index (κ1) is 15.7. The van der Waals surface area contributed by atoms with Gasteiger partial charge in [-0.05, 0) is 35.7 Å². The Labute approximate surface area is 145 Å². The van der Waals surface area contributed by atoms with Gasteiger partial charge in [0.05, 0.1) is 12.2 Å². The van der Waals surface area contributed by atoms with Gasteiger partial charge in [-0.2, -0.15) is 4.98 Å². The number of benzene rings is 2. The smallest absolute Gasteiger partial charge is 0.297 e. The van der Waals surface area contributed by atoms with E-state index in [1.807, 2.05) is 38.4 Å². The molecule has 1 aliphatic rings. The van der Waals surface area contributed by atoms with Crippen molar-refractivity contribution in [3.8, 4) is 0 Å².